The zero-order chi connectivity index (χ0) is 29.2. The third-order valence-corrected chi connectivity index (χ3v) is 6.83. The van der Waals surface area contributed by atoms with Crippen LogP contribution >= 0.6 is 0 Å². The maximum atomic E-state index is 14.2. The van der Waals surface area contributed by atoms with Gasteiger partial charge < -0.3 is 10.1 Å². The van der Waals surface area contributed by atoms with Gasteiger partial charge in [0, 0.05) is 41.7 Å². The Kier molecular flexibility index (Phi) is 6.90. The molecule has 0 unspecified atom stereocenters. The Bertz CT molecular complexity index is 2070. The molecule has 0 radical (unpaired) electrons. The van der Waals surface area contributed by atoms with E-state index >= 15 is 0 Å². The highest BCUT2D eigenvalue weighted by Gasteiger charge is 2.23. The number of fused-ring (bicyclic) bond motifs is 2. The number of amides is 1. The van der Waals surface area contributed by atoms with Gasteiger partial charge in [0.15, 0.2) is 5.65 Å². The number of ether oxygens (including phenoxy) is 1. The van der Waals surface area contributed by atoms with E-state index in [4.69, 9.17) is 4.74 Å². The first-order valence-corrected chi connectivity index (χ1v) is 13.2. The average molecular weight is 556 g/mol. The molecular weight excluding hydrogens is 530 g/mol. The molecule has 0 aliphatic rings. The van der Waals surface area contributed by atoms with E-state index in [9.17, 15) is 9.59 Å². The van der Waals surface area contributed by atoms with Crippen molar-refractivity contribution in [3.63, 3.8) is 0 Å². The minimum atomic E-state index is -0.543. The molecule has 0 spiro atoms. The second-order valence-electron chi connectivity index (χ2n) is 9.57. The zero-order valence-electron chi connectivity index (χ0n) is 23.1. The lowest BCUT2D eigenvalue weighted by Gasteiger charge is -2.21. The molecule has 10 heteroatoms. The number of nitrogens with zero attached hydrogens (tertiary/aromatic N) is 6. The van der Waals surface area contributed by atoms with Crippen molar-refractivity contribution in [3.8, 4) is 23.5 Å². The van der Waals surface area contributed by atoms with Crippen LogP contribution in [0.3, 0.4) is 0 Å². The SMILES string of the molecule is COc1ncc(C#Cc2cccc3cc([C@@H](C)NC(=O)c4c(C)nn5cccnc45)n(-c4ccccc4)c(=O)c23)cn1. The summed E-state index contributed by atoms with van der Waals surface area (Å²) in [6.45, 7) is 3.62. The Morgan fingerprint density at radius 3 is 2.55 bits per heavy atom. The molecule has 42 heavy (non-hydrogen) atoms. The average Bonchev–Trinajstić information content (AvgIpc) is 3.36. The molecular formula is C32H25N7O3. The van der Waals surface area contributed by atoms with Crippen LogP contribution in [0.5, 0.6) is 6.01 Å². The van der Waals surface area contributed by atoms with Gasteiger partial charge >= 0.3 is 6.01 Å². The van der Waals surface area contributed by atoms with Gasteiger partial charge in [0.05, 0.1) is 29.8 Å². The van der Waals surface area contributed by atoms with E-state index in [1.807, 2.05) is 61.5 Å². The fourth-order valence-electron chi connectivity index (χ4n) is 4.88. The van der Waals surface area contributed by atoms with Crippen molar-refractivity contribution in [2.45, 2.75) is 19.9 Å². The predicted octanol–water partition coefficient (Wildman–Crippen LogP) is 4.03. The van der Waals surface area contributed by atoms with Crippen molar-refractivity contribution >= 4 is 22.3 Å². The van der Waals surface area contributed by atoms with Crippen molar-refractivity contribution in [3.05, 3.63) is 124 Å². The molecule has 10 nitrogen and oxygen atoms in total. The Morgan fingerprint density at radius 1 is 1.00 bits per heavy atom. The van der Waals surface area contributed by atoms with Gasteiger partial charge in [-0.25, -0.2) is 19.5 Å². The summed E-state index contributed by atoms with van der Waals surface area (Å²) in [7, 11) is 1.49. The quantitative estimate of drug-likeness (QED) is 0.319. The summed E-state index contributed by atoms with van der Waals surface area (Å²) in [5.41, 5.74) is 3.59. The number of carbonyl (C=O) groups excluding carboxylic acids is 1. The van der Waals surface area contributed by atoms with Crippen LogP contribution in [0.1, 0.15) is 45.8 Å². The summed E-state index contributed by atoms with van der Waals surface area (Å²) in [5.74, 6) is 5.82. The first kappa shape index (κ1) is 26.4. The van der Waals surface area contributed by atoms with E-state index in [1.165, 1.54) is 7.11 Å². The van der Waals surface area contributed by atoms with Gasteiger partial charge in [0.2, 0.25) is 0 Å². The summed E-state index contributed by atoms with van der Waals surface area (Å²) < 4.78 is 8.21. The molecule has 2 aromatic carbocycles. The van der Waals surface area contributed by atoms with Gasteiger partial charge in [-0.05, 0) is 49.6 Å². The number of aryl methyl sites for hydroxylation is 1. The lowest BCUT2D eigenvalue weighted by Crippen LogP contribution is -2.32. The van der Waals surface area contributed by atoms with Crippen molar-refractivity contribution in [2.75, 3.05) is 7.11 Å². The fraction of sp³-hybridized carbons (Fsp3) is 0.125. The van der Waals surface area contributed by atoms with Crippen LogP contribution in [-0.2, 0) is 0 Å². The lowest BCUT2D eigenvalue weighted by molar-refractivity contribution is 0.0939. The van der Waals surface area contributed by atoms with Crippen LogP contribution < -0.4 is 15.6 Å². The van der Waals surface area contributed by atoms with Crippen molar-refractivity contribution in [2.24, 2.45) is 0 Å². The summed E-state index contributed by atoms with van der Waals surface area (Å²) >= 11 is 0. The van der Waals surface area contributed by atoms with Gasteiger partial charge in [-0.3, -0.25) is 14.2 Å². The first-order chi connectivity index (χ1) is 20.4. The fourth-order valence-corrected chi connectivity index (χ4v) is 4.88. The molecule has 6 aromatic rings. The van der Waals surface area contributed by atoms with E-state index < -0.39 is 6.04 Å². The number of nitrogens with one attached hydrogen (secondary N) is 1. The number of benzene rings is 2. The number of pyridine rings is 1. The van der Waals surface area contributed by atoms with Crippen LogP contribution in [0.15, 0.2) is 90.2 Å². The zero-order valence-corrected chi connectivity index (χ0v) is 23.1. The van der Waals surface area contributed by atoms with Gasteiger partial charge in [-0.2, -0.15) is 5.10 Å². The highest BCUT2D eigenvalue weighted by molar-refractivity contribution is 6.01. The standard InChI is InChI=1S/C32H25N7O3/c1-20(36-30(40)27-21(2)37-38-16-8-15-33-29(27)38)26-17-24-10-7-9-23(14-13-22-18-34-32(42-3)35-19-22)28(24)31(41)39(26)25-11-5-4-6-12-25/h4-12,15-20H,1-3H3,(H,36,40)/t20-/m1/s1. The maximum absolute atomic E-state index is 14.2. The van der Waals surface area contributed by atoms with Crippen LogP contribution in [0.4, 0.5) is 0 Å². The number of para-hydroxylation sites is 1. The number of hydrogen-bond donors (Lipinski definition) is 1. The number of hydrogen-bond acceptors (Lipinski definition) is 7. The molecule has 4 heterocycles. The Labute approximate surface area is 240 Å². The Morgan fingerprint density at radius 2 is 1.79 bits per heavy atom. The summed E-state index contributed by atoms with van der Waals surface area (Å²) in [4.78, 5) is 40.3. The highest BCUT2D eigenvalue weighted by Crippen LogP contribution is 2.24. The maximum Gasteiger partial charge on any atom is 0.316 e. The van der Waals surface area contributed by atoms with Crippen molar-refractivity contribution in [1.82, 2.24) is 34.4 Å². The molecule has 0 fully saturated rings. The van der Waals surface area contributed by atoms with Gasteiger partial charge in [-0.15, -0.1) is 0 Å². The molecule has 1 N–H and O–H groups in total. The third-order valence-electron chi connectivity index (χ3n) is 6.83. The highest BCUT2D eigenvalue weighted by atomic mass is 16.5. The van der Waals surface area contributed by atoms with E-state index in [0.29, 0.717) is 50.2 Å². The van der Waals surface area contributed by atoms with Gasteiger partial charge in [0.25, 0.3) is 11.5 Å². The molecule has 6 rings (SSSR count). The monoisotopic (exact) mass is 555 g/mol. The van der Waals surface area contributed by atoms with Crippen LogP contribution in [0, 0.1) is 18.8 Å². The van der Waals surface area contributed by atoms with Gasteiger partial charge in [0.1, 0.15) is 5.56 Å². The summed E-state index contributed by atoms with van der Waals surface area (Å²) in [5, 5.41) is 8.63. The molecule has 0 aliphatic heterocycles. The topological polar surface area (TPSA) is 116 Å². The molecule has 0 saturated carbocycles. The summed E-state index contributed by atoms with van der Waals surface area (Å²) in [6, 6.07) is 18.2. The van der Waals surface area contributed by atoms with Gasteiger partial charge in [-0.1, -0.05) is 42.2 Å². The molecule has 0 bridgehead atoms. The number of carbonyl (C=O) groups is 1. The number of methoxy groups -OCH3 is 1. The summed E-state index contributed by atoms with van der Waals surface area (Å²) in [6.07, 6.45) is 6.50. The smallest absolute Gasteiger partial charge is 0.316 e. The number of rotatable bonds is 5. The lowest BCUT2D eigenvalue weighted by atomic mass is 10.0. The Balaban J connectivity index is 1.46. The minimum Gasteiger partial charge on any atom is -0.467 e. The van der Waals surface area contributed by atoms with Crippen LogP contribution in [0.25, 0.3) is 22.1 Å². The second kappa shape index (κ2) is 11.0. The molecule has 0 saturated heterocycles. The van der Waals surface area contributed by atoms with E-state index in [1.54, 1.807) is 46.9 Å². The molecule has 4 aromatic heterocycles. The van der Waals surface area contributed by atoms with Crippen LogP contribution in [0.2, 0.25) is 0 Å². The third kappa shape index (κ3) is 4.84. The Hall–Kier alpha value is -5.82. The van der Waals surface area contributed by atoms with Crippen LogP contribution in [-0.4, -0.2) is 42.2 Å². The van der Waals surface area contributed by atoms with E-state index in [2.05, 4.69) is 37.2 Å². The van der Waals surface area contributed by atoms with Crippen molar-refractivity contribution < 1.29 is 9.53 Å². The second-order valence-corrected chi connectivity index (χ2v) is 9.57. The molecule has 206 valence electrons. The molecule has 1 amide bonds. The minimum absolute atomic E-state index is 0.248. The normalized spacial score (nSPS) is 11.6. The molecule has 0 aliphatic carbocycles. The predicted molar refractivity (Wildman–Crippen MR) is 158 cm³/mol. The van der Waals surface area contributed by atoms with E-state index in [0.717, 1.165) is 0 Å². The molecule has 1 atom stereocenters. The first-order valence-electron chi connectivity index (χ1n) is 13.2. The number of aromatic nitrogens is 6. The largest absolute Gasteiger partial charge is 0.467 e. The van der Waals surface area contributed by atoms with Crippen molar-refractivity contribution in [1.29, 1.82) is 0 Å². The van der Waals surface area contributed by atoms with E-state index in [-0.39, 0.29) is 17.5 Å².